The highest BCUT2D eigenvalue weighted by molar-refractivity contribution is 5.85. The normalized spacial score (nSPS) is 9.61. The van der Waals surface area contributed by atoms with Crippen molar-refractivity contribution in [3.63, 3.8) is 0 Å². The Morgan fingerprint density at radius 1 is 1.33 bits per heavy atom. The van der Waals surface area contributed by atoms with Gasteiger partial charge in [0.1, 0.15) is 12.4 Å². The van der Waals surface area contributed by atoms with Crippen LogP contribution in [0, 0.1) is 0 Å². The molecule has 0 atom stereocenters. The monoisotopic (exact) mass is 291 g/mol. The second kappa shape index (κ2) is 7.20. The fourth-order valence-corrected chi connectivity index (χ4v) is 1.76. The highest BCUT2D eigenvalue weighted by Crippen LogP contribution is 2.15. The minimum Gasteiger partial charge on any atom is -0.480 e. The number of aromatic nitrogens is 2. The van der Waals surface area contributed by atoms with Crippen LogP contribution in [0.2, 0.25) is 0 Å². The number of nitrogens with two attached hydrogens (primary N) is 1. The first-order valence-corrected chi connectivity index (χ1v) is 5.08. The summed E-state index contributed by atoms with van der Waals surface area (Å²) in [6, 6.07) is 7.49. The van der Waals surface area contributed by atoms with E-state index in [-0.39, 0.29) is 31.4 Å². The molecule has 0 unspecified atom stereocenters. The Balaban J connectivity index is 0.00000144. The van der Waals surface area contributed by atoms with E-state index in [1.165, 1.54) is 0 Å². The third kappa shape index (κ3) is 3.35. The van der Waals surface area contributed by atoms with Crippen LogP contribution in [-0.4, -0.2) is 27.2 Å². The largest absolute Gasteiger partial charge is 0.480 e. The molecule has 0 fully saturated rings. The van der Waals surface area contributed by atoms with Crippen molar-refractivity contribution in [2.45, 2.75) is 13.0 Å². The zero-order valence-corrected chi connectivity index (χ0v) is 11.2. The summed E-state index contributed by atoms with van der Waals surface area (Å²) in [4.78, 5) is 15.2. The maximum absolute atomic E-state index is 10.8. The first kappa shape index (κ1) is 16.7. The first-order valence-electron chi connectivity index (χ1n) is 5.08. The van der Waals surface area contributed by atoms with Crippen LogP contribution >= 0.6 is 24.8 Å². The number of benzene rings is 1. The van der Waals surface area contributed by atoms with Gasteiger partial charge >= 0.3 is 5.97 Å². The SMILES string of the molecule is Cl.Cl.NCCc1nc2ccccc2n1CC(=O)O. The number of fused-ring (bicyclic) bond motifs is 1. The number of carboxylic acids is 1. The van der Waals surface area contributed by atoms with Gasteiger partial charge in [-0.3, -0.25) is 4.79 Å². The molecule has 2 rings (SSSR count). The molecule has 0 aliphatic carbocycles. The number of halogens is 2. The fraction of sp³-hybridized carbons (Fsp3) is 0.273. The van der Waals surface area contributed by atoms with Gasteiger partial charge in [-0.1, -0.05) is 12.1 Å². The fourth-order valence-electron chi connectivity index (χ4n) is 1.76. The van der Waals surface area contributed by atoms with Crippen molar-refractivity contribution in [2.24, 2.45) is 5.73 Å². The molecular weight excluding hydrogens is 277 g/mol. The molecule has 0 saturated carbocycles. The van der Waals surface area contributed by atoms with Gasteiger partial charge in [0.25, 0.3) is 0 Å². The van der Waals surface area contributed by atoms with Gasteiger partial charge in [0.15, 0.2) is 0 Å². The molecule has 0 amide bonds. The van der Waals surface area contributed by atoms with Crippen LogP contribution in [0.3, 0.4) is 0 Å². The lowest BCUT2D eigenvalue weighted by molar-refractivity contribution is -0.137. The van der Waals surface area contributed by atoms with Crippen molar-refractivity contribution in [3.05, 3.63) is 30.1 Å². The molecule has 1 heterocycles. The summed E-state index contributed by atoms with van der Waals surface area (Å²) in [6.45, 7) is 0.388. The molecule has 7 heteroatoms. The van der Waals surface area contributed by atoms with Crippen molar-refractivity contribution in [1.29, 1.82) is 0 Å². The van der Waals surface area contributed by atoms with Crippen molar-refractivity contribution in [3.8, 4) is 0 Å². The topological polar surface area (TPSA) is 81.1 Å². The number of hydrogen-bond donors (Lipinski definition) is 2. The summed E-state index contributed by atoms with van der Waals surface area (Å²) in [7, 11) is 0. The maximum Gasteiger partial charge on any atom is 0.323 e. The van der Waals surface area contributed by atoms with E-state index >= 15 is 0 Å². The van der Waals surface area contributed by atoms with E-state index in [1.807, 2.05) is 24.3 Å². The van der Waals surface area contributed by atoms with Crippen LogP contribution in [0.15, 0.2) is 24.3 Å². The Bertz CT molecular complexity index is 528. The predicted octanol–water partition coefficient (Wildman–Crippen LogP) is 1.47. The Hall–Kier alpha value is -1.30. The van der Waals surface area contributed by atoms with E-state index in [0.29, 0.717) is 13.0 Å². The standard InChI is InChI=1S/C11H13N3O2.2ClH/c12-6-5-10-13-8-3-1-2-4-9(8)14(10)7-11(15)16;;/h1-4H,5-7,12H2,(H,15,16);2*1H. The Morgan fingerprint density at radius 2 is 2.00 bits per heavy atom. The van der Waals surface area contributed by atoms with Gasteiger partial charge in [-0.2, -0.15) is 0 Å². The molecule has 18 heavy (non-hydrogen) atoms. The van der Waals surface area contributed by atoms with Crippen LogP contribution in [0.25, 0.3) is 11.0 Å². The minimum atomic E-state index is -0.874. The molecule has 0 aliphatic heterocycles. The number of hydrogen-bond acceptors (Lipinski definition) is 3. The van der Waals surface area contributed by atoms with Crippen LogP contribution in [-0.2, 0) is 17.8 Å². The molecule has 0 radical (unpaired) electrons. The zero-order chi connectivity index (χ0) is 11.5. The summed E-state index contributed by atoms with van der Waals surface area (Å²) < 4.78 is 1.70. The van der Waals surface area contributed by atoms with Crippen LogP contribution in [0.5, 0.6) is 0 Å². The van der Waals surface area contributed by atoms with E-state index in [1.54, 1.807) is 4.57 Å². The second-order valence-electron chi connectivity index (χ2n) is 3.54. The summed E-state index contributed by atoms with van der Waals surface area (Å²) in [5, 5.41) is 8.86. The minimum absolute atomic E-state index is 0. The van der Waals surface area contributed by atoms with E-state index in [0.717, 1.165) is 16.9 Å². The van der Waals surface area contributed by atoms with Gasteiger partial charge in [0, 0.05) is 6.42 Å². The molecule has 2 aromatic rings. The summed E-state index contributed by atoms with van der Waals surface area (Å²) in [6.07, 6.45) is 0.585. The Morgan fingerprint density at radius 3 is 2.61 bits per heavy atom. The molecule has 1 aromatic carbocycles. The van der Waals surface area contributed by atoms with E-state index in [2.05, 4.69) is 4.98 Å². The molecule has 0 saturated heterocycles. The predicted molar refractivity (Wildman–Crippen MR) is 74.6 cm³/mol. The van der Waals surface area contributed by atoms with Gasteiger partial charge in [0.2, 0.25) is 0 Å². The molecule has 1 aromatic heterocycles. The first-order chi connectivity index (χ1) is 7.72. The maximum atomic E-state index is 10.8. The number of carbonyl (C=O) groups is 1. The average molecular weight is 292 g/mol. The Labute approximate surface area is 117 Å². The van der Waals surface area contributed by atoms with E-state index in [4.69, 9.17) is 10.8 Å². The quantitative estimate of drug-likeness (QED) is 0.894. The molecule has 100 valence electrons. The molecular formula is C11H15Cl2N3O2. The molecule has 3 N–H and O–H groups in total. The molecule has 5 nitrogen and oxygen atoms in total. The van der Waals surface area contributed by atoms with Crippen molar-refractivity contribution in [2.75, 3.05) is 6.54 Å². The second-order valence-corrected chi connectivity index (χ2v) is 3.54. The average Bonchev–Trinajstić information content (AvgIpc) is 2.57. The number of aliphatic carboxylic acids is 1. The summed E-state index contributed by atoms with van der Waals surface area (Å²) >= 11 is 0. The number of para-hydroxylation sites is 2. The lowest BCUT2D eigenvalue weighted by Gasteiger charge is -2.04. The van der Waals surface area contributed by atoms with Crippen LogP contribution in [0.1, 0.15) is 5.82 Å². The van der Waals surface area contributed by atoms with Crippen molar-refractivity contribution >= 4 is 41.8 Å². The smallest absolute Gasteiger partial charge is 0.323 e. The number of imidazole rings is 1. The highest BCUT2D eigenvalue weighted by Gasteiger charge is 2.11. The van der Waals surface area contributed by atoms with Gasteiger partial charge < -0.3 is 15.4 Å². The Kier molecular flexibility index (Phi) is 6.68. The molecule has 0 bridgehead atoms. The summed E-state index contributed by atoms with van der Waals surface area (Å²) in [5.41, 5.74) is 7.13. The summed E-state index contributed by atoms with van der Waals surface area (Å²) in [5.74, 6) is -0.146. The number of rotatable bonds is 4. The molecule has 0 aliphatic rings. The van der Waals surface area contributed by atoms with E-state index in [9.17, 15) is 4.79 Å². The third-order valence-corrected chi connectivity index (χ3v) is 2.39. The lowest BCUT2D eigenvalue weighted by atomic mass is 10.3. The number of nitrogens with zero attached hydrogens (tertiary/aromatic N) is 2. The third-order valence-electron chi connectivity index (χ3n) is 2.39. The number of carboxylic acid groups (broad SMARTS) is 1. The van der Waals surface area contributed by atoms with Gasteiger partial charge in [-0.05, 0) is 18.7 Å². The molecule has 0 spiro atoms. The van der Waals surface area contributed by atoms with Crippen molar-refractivity contribution < 1.29 is 9.90 Å². The lowest BCUT2D eigenvalue weighted by Crippen LogP contribution is -2.14. The zero-order valence-electron chi connectivity index (χ0n) is 9.57. The van der Waals surface area contributed by atoms with E-state index < -0.39 is 5.97 Å². The van der Waals surface area contributed by atoms with Crippen LogP contribution < -0.4 is 5.73 Å². The van der Waals surface area contributed by atoms with Gasteiger partial charge in [-0.25, -0.2) is 4.98 Å². The van der Waals surface area contributed by atoms with Crippen LogP contribution in [0.4, 0.5) is 0 Å². The highest BCUT2D eigenvalue weighted by atomic mass is 35.5. The van der Waals surface area contributed by atoms with Gasteiger partial charge in [0.05, 0.1) is 11.0 Å². The van der Waals surface area contributed by atoms with Gasteiger partial charge in [-0.15, -0.1) is 24.8 Å². The van der Waals surface area contributed by atoms with Crippen molar-refractivity contribution in [1.82, 2.24) is 9.55 Å².